The van der Waals surface area contributed by atoms with Crippen LogP contribution < -0.4 is 0 Å². The topological polar surface area (TPSA) is 217 Å². The fraction of sp³-hybridized carbons (Fsp3) is 0.949. The van der Waals surface area contributed by atoms with E-state index in [9.17, 15) is 40.9 Å². The van der Waals surface area contributed by atoms with Gasteiger partial charge in [-0.2, -0.15) is 0 Å². The molecule has 23 atom stereocenters. The molecule has 8 rings (SSSR count). The smallest absolute Gasteiger partial charge is 0.197 e. The van der Waals surface area contributed by atoms with Crippen LogP contribution in [-0.4, -0.2) is 146 Å². The SMILES string of the molecule is CC1COC2(OC3CC4C5CC=C6CC(OC7OC(CO)C(OC8OC(C)C(O)C(O)C8O)C(O)C7O)CCC6(C)C5CC(O)C4(C)C3C2C)C(O)C1. The lowest BCUT2D eigenvalue weighted by atomic mass is 9.46. The van der Waals surface area contributed by atoms with Gasteiger partial charge in [0, 0.05) is 17.3 Å². The van der Waals surface area contributed by atoms with Crippen molar-refractivity contribution in [1.29, 1.82) is 0 Å². The van der Waals surface area contributed by atoms with Crippen molar-refractivity contribution in [2.24, 2.45) is 46.3 Å². The maximum atomic E-state index is 12.1. The predicted octanol–water partition coefficient (Wildman–Crippen LogP) is 0.332. The summed E-state index contributed by atoms with van der Waals surface area (Å²) in [5.41, 5.74) is 0.761. The van der Waals surface area contributed by atoms with Gasteiger partial charge in [-0.15, -0.1) is 0 Å². The normalized spacial score (nSPS) is 59.5. The molecular formula is C39H62O14. The number of fused-ring (bicyclic) bond motifs is 7. The zero-order valence-electron chi connectivity index (χ0n) is 31.5. The molecule has 0 amide bonds. The van der Waals surface area contributed by atoms with E-state index < -0.39 is 86.0 Å². The minimum absolute atomic E-state index is 0.0463. The monoisotopic (exact) mass is 754 g/mol. The van der Waals surface area contributed by atoms with E-state index in [1.807, 2.05) is 0 Å². The Bertz CT molecular complexity index is 1380. The van der Waals surface area contributed by atoms with E-state index in [4.69, 9.17) is 28.4 Å². The molecule has 0 aromatic carbocycles. The first-order chi connectivity index (χ1) is 25.0. The molecule has 7 fully saturated rings. The summed E-state index contributed by atoms with van der Waals surface area (Å²) >= 11 is 0. The minimum atomic E-state index is -1.63. The van der Waals surface area contributed by atoms with Crippen LogP contribution in [0.4, 0.5) is 0 Å². The number of hydrogen-bond acceptors (Lipinski definition) is 14. The van der Waals surface area contributed by atoms with Crippen LogP contribution in [-0.2, 0) is 28.4 Å². The minimum Gasteiger partial charge on any atom is -0.394 e. The van der Waals surface area contributed by atoms with Gasteiger partial charge in [-0.3, -0.25) is 0 Å². The zero-order chi connectivity index (χ0) is 37.9. The van der Waals surface area contributed by atoms with Gasteiger partial charge >= 0.3 is 0 Å². The molecule has 4 heterocycles. The van der Waals surface area contributed by atoms with Crippen molar-refractivity contribution in [2.75, 3.05) is 13.2 Å². The molecule has 0 aromatic heterocycles. The summed E-state index contributed by atoms with van der Waals surface area (Å²) < 4.78 is 36.6. The second-order valence-corrected chi connectivity index (χ2v) is 18.5. The van der Waals surface area contributed by atoms with Crippen molar-refractivity contribution < 1.29 is 69.3 Å². The van der Waals surface area contributed by atoms with E-state index in [0.717, 1.165) is 19.3 Å². The van der Waals surface area contributed by atoms with Crippen LogP contribution in [0.15, 0.2) is 11.6 Å². The molecule has 8 aliphatic rings. The lowest BCUT2D eigenvalue weighted by Gasteiger charge is -2.60. The Labute approximate surface area is 311 Å². The average molecular weight is 755 g/mol. The van der Waals surface area contributed by atoms with Crippen molar-refractivity contribution in [3.8, 4) is 0 Å². The molecule has 23 unspecified atom stereocenters. The number of aliphatic hydroxyl groups excluding tert-OH is 8. The molecule has 0 radical (unpaired) electrons. The first kappa shape index (κ1) is 39.0. The van der Waals surface area contributed by atoms with Gasteiger partial charge in [-0.05, 0) is 81.0 Å². The molecule has 4 aliphatic heterocycles. The van der Waals surface area contributed by atoms with E-state index in [2.05, 4.69) is 33.8 Å². The van der Waals surface area contributed by atoms with Gasteiger partial charge < -0.3 is 69.3 Å². The molecule has 4 aliphatic carbocycles. The van der Waals surface area contributed by atoms with Crippen LogP contribution in [0.5, 0.6) is 0 Å². The molecule has 14 heteroatoms. The van der Waals surface area contributed by atoms with Crippen molar-refractivity contribution in [3.05, 3.63) is 11.6 Å². The lowest BCUT2D eigenvalue weighted by Crippen LogP contribution is -2.64. The average Bonchev–Trinajstić information content (AvgIpc) is 3.59. The van der Waals surface area contributed by atoms with Gasteiger partial charge in [0.2, 0.25) is 0 Å². The van der Waals surface area contributed by atoms with Crippen LogP contribution in [0.3, 0.4) is 0 Å². The van der Waals surface area contributed by atoms with E-state index in [-0.39, 0.29) is 52.6 Å². The Morgan fingerprint density at radius 3 is 2.25 bits per heavy atom. The van der Waals surface area contributed by atoms with Gasteiger partial charge in [-0.25, -0.2) is 0 Å². The molecular weight excluding hydrogens is 692 g/mol. The van der Waals surface area contributed by atoms with Crippen LogP contribution >= 0.6 is 0 Å². The van der Waals surface area contributed by atoms with Gasteiger partial charge in [0.1, 0.15) is 48.8 Å². The Kier molecular flexibility index (Phi) is 10.3. The highest BCUT2D eigenvalue weighted by Crippen LogP contribution is 2.70. The van der Waals surface area contributed by atoms with E-state index >= 15 is 0 Å². The number of aliphatic hydroxyl groups is 8. The molecule has 14 nitrogen and oxygen atoms in total. The number of allylic oxidation sites excluding steroid dienone is 1. The first-order valence-corrected chi connectivity index (χ1v) is 20.1. The second kappa shape index (κ2) is 13.9. The lowest BCUT2D eigenvalue weighted by molar-refractivity contribution is -0.360. The van der Waals surface area contributed by atoms with Crippen LogP contribution in [0, 0.1) is 46.3 Å². The molecule has 0 bridgehead atoms. The largest absolute Gasteiger partial charge is 0.394 e. The van der Waals surface area contributed by atoms with Gasteiger partial charge in [0.25, 0.3) is 0 Å². The summed E-state index contributed by atoms with van der Waals surface area (Å²) in [5.74, 6) is 0.218. The third-order valence-electron chi connectivity index (χ3n) is 15.7. The molecule has 4 saturated heterocycles. The Morgan fingerprint density at radius 1 is 0.811 bits per heavy atom. The third kappa shape index (κ3) is 5.87. The van der Waals surface area contributed by atoms with Gasteiger partial charge in [0.05, 0.1) is 37.6 Å². The van der Waals surface area contributed by atoms with Gasteiger partial charge in [-0.1, -0.05) is 39.3 Å². The second-order valence-electron chi connectivity index (χ2n) is 18.5. The van der Waals surface area contributed by atoms with Crippen molar-refractivity contribution in [2.45, 2.75) is 171 Å². The summed E-state index contributed by atoms with van der Waals surface area (Å²) in [6, 6.07) is 0. The van der Waals surface area contributed by atoms with E-state index in [0.29, 0.717) is 38.2 Å². The third-order valence-corrected chi connectivity index (χ3v) is 15.7. The number of ether oxygens (including phenoxy) is 6. The van der Waals surface area contributed by atoms with Crippen LogP contribution in [0.25, 0.3) is 0 Å². The molecule has 8 N–H and O–H groups in total. The summed E-state index contributed by atoms with van der Waals surface area (Å²) in [6.45, 7) is 10.3. The van der Waals surface area contributed by atoms with E-state index in [1.54, 1.807) is 0 Å². The standard InChI is InChI=1S/C39H62O14/c1-16-10-27(42)39(48-15-16)17(2)28-24(53-39)12-23-21-7-6-19-11-20(8-9-37(19,4)22(21)13-26(41)38(23,28)5)50-36-33(47)31(45)34(25(14-40)51-36)52-35-32(46)30(44)29(43)18(3)49-35/h6,16-18,20-36,40-47H,7-15H2,1-5H3. The van der Waals surface area contributed by atoms with Crippen molar-refractivity contribution >= 4 is 0 Å². The Balaban J connectivity index is 0.935. The predicted molar refractivity (Wildman–Crippen MR) is 184 cm³/mol. The fourth-order valence-corrected chi connectivity index (χ4v) is 12.7. The summed E-state index contributed by atoms with van der Waals surface area (Å²) in [4.78, 5) is 0. The molecule has 0 aromatic rings. The van der Waals surface area contributed by atoms with Crippen molar-refractivity contribution in [1.82, 2.24) is 0 Å². The summed E-state index contributed by atoms with van der Waals surface area (Å²) in [5, 5.41) is 86.5. The maximum absolute atomic E-state index is 12.1. The van der Waals surface area contributed by atoms with Crippen LogP contribution in [0.2, 0.25) is 0 Å². The Hall–Kier alpha value is -0.820. The quantitative estimate of drug-likeness (QED) is 0.178. The Morgan fingerprint density at radius 2 is 1.53 bits per heavy atom. The molecule has 3 saturated carbocycles. The maximum Gasteiger partial charge on any atom is 0.197 e. The number of rotatable bonds is 5. The summed E-state index contributed by atoms with van der Waals surface area (Å²) in [6.07, 6.45) is -7.81. The van der Waals surface area contributed by atoms with Crippen molar-refractivity contribution in [3.63, 3.8) is 0 Å². The molecule has 1 spiro atoms. The van der Waals surface area contributed by atoms with Gasteiger partial charge in [0.15, 0.2) is 18.4 Å². The highest BCUT2D eigenvalue weighted by Gasteiger charge is 2.72. The molecule has 53 heavy (non-hydrogen) atoms. The summed E-state index contributed by atoms with van der Waals surface area (Å²) in [7, 11) is 0. The first-order valence-electron chi connectivity index (χ1n) is 20.1. The molecule has 302 valence electrons. The van der Waals surface area contributed by atoms with Crippen LogP contribution in [0.1, 0.15) is 79.6 Å². The fourth-order valence-electron chi connectivity index (χ4n) is 12.7. The number of hydrogen-bond donors (Lipinski definition) is 8. The van der Waals surface area contributed by atoms with E-state index in [1.165, 1.54) is 12.5 Å². The zero-order valence-corrected chi connectivity index (χ0v) is 31.5. The highest BCUT2D eigenvalue weighted by atomic mass is 16.7. The highest BCUT2D eigenvalue weighted by molar-refractivity contribution is 5.27.